The fraction of sp³-hybridized carbons (Fsp3) is 1.00. The molecule has 1 rings (SSSR count). The van der Waals surface area contributed by atoms with Gasteiger partial charge in [0.2, 0.25) is 0 Å². The lowest BCUT2D eigenvalue weighted by atomic mass is 9.83. The van der Waals surface area contributed by atoms with Gasteiger partial charge in [-0.3, -0.25) is 0 Å². The average Bonchev–Trinajstić information content (AvgIpc) is 2.07. The van der Waals surface area contributed by atoms with Gasteiger partial charge in [0.1, 0.15) is 6.10 Å². The van der Waals surface area contributed by atoms with E-state index in [1.54, 1.807) is 6.92 Å². The van der Waals surface area contributed by atoms with Gasteiger partial charge < -0.3 is 14.9 Å². The predicted molar refractivity (Wildman–Crippen MR) is 50.4 cm³/mol. The van der Waals surface area contributed by atoms with Crippen molar-refractivity contribution < 1.29 is 14.9 Å². The minimum atomic E-state index is -0.745. The van der Waals surface area contributed by atoms with Crippen LogP contribution in [-0.2, 0) is 4.74 Å². The lowest BCUT2D eigenvalue weighted by Gasteiger charge is -2.42. The van der Waals surface area contributed by atoms with Crippen LogP contribution in [-0.4, -0.2) is 34.6 Å². The van der Waals surface area contributed by atoms with Crippen LogP contribution >= 0.6 is 0 Å². The Morgan fingerprint density at radius 3 is 2.08 bits per heavy atom. The summed E-state index contributed by atoms with van der Waals surface area (Å²) in [6, 6.07) is 0. The van der Waals surface area contributed by atoms with Crippen molar-refractivity contribution in [3.8, 4) is 0 Å². The zero-order valence-electron chi connectivity index (χ0n) is 8.77. The van der Waals surface area contributed by atoms with E-state index in [-0.39, 0.29) is 18.1 Å². The van der Waals surface area contributed by atoms with Crippen LogP contribution in [0.5, 0.6) is 0 Å². The van der Waals surface area contributed by atoms with Crippen LogP contribution in [0.1, 0.15) is 27.7 Å². The van der Waals surface area contributed by atoms with Crippen molar-refractivity contribution in [2.24, 2.45) is 11.8 Å². The molecule has 13 heavy (non-hydrogen) atoms. The van der Waals surface area contributed by atoms with Crippen molar-refractivity contribution in [2.75, 3.05) is 0 Å². The first kappa shape index (κ1) is 11.0. The van der Waals surface area contributed by atoms with E-state index in [0.717, 1.165) is 0 Å². The lowest BCUT2D eigenvalue weighted by Crippen LogP contribution is -2.53. The lowest BCUT2D eigenvalue weighted by molar-refractivity contribution is -0.200. The molecule has 3 heteroatoms. The molecule has 0 spiro atoms. The Balaban J connectivity index is 2.70. The fourth-order valence-corrected chi connectivity index (χ4v) is 2.00. The van der Waals surface area contributed by atoms with E-state index in [0.29, 0.717) is 5.92 Å². The molecule has 3 unspecified atom stereocenters. The Bertz CT molecular complexity index is 170. The van der Waals surface area contributed by atoms with Crippen molar-refractivity contribution in [2.45, 2.75) is 52.1 Å². The van der Waals surface area contributed by atoms with Crippen molar-refractivity contribution >= 4 is 0 Å². The van der Waals surface area contributed by atoms with E-state index in [4.69, 9.17) is 4.74 Å². The van der Waals surface area contributed by atoms with E-state index in [9.17, 15) is 10.2 Å². The van der Waals surface area contributed by atoms with Crippen LogP contribution < -0.4 is 0 Å². The van der Waals surface area contributed by atoms with Crippen LogP contribution in [0.3, 0.4) is 0 Å². The molecule has 0 radical (unpaired) electrons. The monoisotopic (exact) mass is 188 g/mol. The fourth-order valence-electron chi connectivity index (χ4n) is 2.00. The van der Waals surface area contributed by atoms with E-state index >= 15 is 0 Å². The molecule has 1 aliphatic rings. The third-order valence-electron chi connectivity index (χ3n) is 2.92. The molecule has 3 nitrogen and oxygen atoms in total. The average molecular weight is 188 g/mol. The molecule has 78 valence electrons. The zero-order chi connectivity index (χ0) is 10.2. The van der Waals surface area contributed by atoms with Gasteiger partial charge in [-0.2, -0.15) is 0 Å². The molecule has 1 fully saturated rings. The molecule has 0 aromatic rings. The van der Waals surface area contributed by atoms with Gasteiger partial charge >= 0.3 is 0 Å². The van der Waals surface area contributed by atoms with Gasteiger partial charge in [-0.05, 0) is 12.8 Å². The summed E-state index contributed by atoms with van der Waals surface area (Å²) in [6.07, 6.45) is -1.62. The summed E-state index contributed by atoms with van der Waals surface area (Å²) in [6.45, 7) is 7.86. The molecule has 1 aliphatic heterocycles. The van der Waals surface area contributed by atoms with Crippen LogP contribution in [0.25, 0.3) is 0 Å². The first-order valence-corrected chi connectivity index (χ1v) is 4.96. The molecule has 5 atom stereocenters. The van der Waals surface area contributed by atoms with E-state index < -0.39 is 12.2 Å². The first-order chi connectivity index (χ1) is 5.95. The number of hydrogen-bond donors (Lipinski definition) is 2. The number of aliphatic hydroxyl groups excluding tert-OH is 2. The molecule has 2 N–H and O–H groups in total. The summed E-state index contributed by atoms with van der Waals surface area (Å²) in [5.41, 5.74) is 0. The van der Waals surface area contributed by atoms with Crippen molar-refractivity contribution in [3.63, 3.8) is 0 Å². The summed E-state index contributed by atoms with van der Waals surface area (Å²) in [5.74, 6) is 0.380. The number of ether oxygens (including phenoxy) is 1. The number of rotatable bonds is 1. The summed E-state index contributed by atoms with van der Waals surface area (Å²) in [5, 5.41) is 19.2. The third-order valence-corrected chi connectivity index (χ3v) is 2.92. The standard InChI is InChI=1S/C10H20O3/c1-5(2)10-6(3)8(11)9(12)7(4)13-10/h5-12H,1-4H3/t6?,7?,8?,9-,10+/m1/s1. The van der Waals surface area contributed by atoms with Gasteiger partial charge in [-0.25, -0.2) is 0 Å². The molecule has 0 aromatic heterocycles. The van der Waals surface area contributed by atoms with Crippen molar-refractivity contribution in [1.82, 2.24) is 0 Å². The molecule has 1 saturated heterocycles. The summed E-state index contributed by atoms with van der Waals surface area (Å²) >= 11 is 0. The highest BCUT2D eigenvalue weighted by atomic mass is 16.5. The molecule has 0 amide bonds. The zero-order valence-corrected chi connectivity index (χ0v) is 8.77. The van der Waals surface area contributed by atoms with Crippen LogP contribution in [0.15, 0.2) is 0 Å². The summed E-state index contributed by atoms with van der Waals surface area (Å²) in [7, 11) is 0. The van der Waals surface area contributed by atoms with Gasteiger partial charge in [0.05, 0.1) is 18.3 Å². The van der Waals surface area contributed by atoms with E-state index in [2.05, 4.69) is 13.8 Å². The molecule has 0 saturated carbocycles. The largest absolute Gasteiger partial charge is 0.390 e. The second kappa shape index (κ2) is 3.95. The minimum Gasteiger partial charge on any atom is -0.390 e. The number of aliphatic hydroxyl groups is 2. The second-order valence-corrected chi connectivity index (χ2v) is 4.39. The van der Waals surface area contributed by atoms with E-state index in [1.807, 2.05) is 6.92 Å². The topological polar surface area (TPSA) is 49.7 Å². The SMILES string of the molecule is CC1O[C@@H](C(C)C)C(C)C(O)[C@@H]1O. The van der Waals surface area contributed by atoms with Gasteiger partial charge in [-0.15, -0.1) is 0 Å². The highest BCUT2D eigenvalue weighted by Gasteiger charge is 2.40. The van der Waals surface area contributed by atoms with Gasteiger partial charge in [0.15, 0.2) is 0 Å². The quantitative estimate of drug-likeness (QED) is 0.639. The summed E-state index contributed by atoms with van der Waals surface area (Å²) < 4.78 is 5.63. The Morgan fingerprint density at radius 1 is 1.08 bits per heavy atom. The second-order valence-electron chi connectivity index (χ2n) is 4.39. The summed E-state index contributed by atoms with van der Waals surface area (Å²) in [4.78, 5) is 0. The van der Waals surface area contributed by atoms with Crippen LogP contribution in [0.4, 0.5) is 0 Å². The van der Waals surface area contributed by atoms with Crippen LogP contribution in [0.2, 0.25) is 0 Å². The Hall–Kier alpha value is -0.120. The maximum Gasteiger partial charge on any atom is 0.106 e. The molecule has 1 heterocycles. The Kier molecular flexibility index (Phi) is 3.33. The smallest absolute Gasteiger partial charge is 0.106 e. The predicted octanol–water partition coefficient (Wildman–Crippen LogP) is 0.788. The van der Waals surface area contributed by atoms with Gasteiger partial charge in [0, 0.05) is 5.92 Å². The van der Waals surface area contributed by atoms with Crippen LogP contribution in [0, 0.1) is 11.8 Å². The van der Waals surface area contributed by atoms with Crippen molar-refractivity contribution in [1.29, 1.82) is 0 Å². The van der Waals surface area contributed by atoms with E-state index in [1.165, 1.54) is 0 Å². The molecule has 0 aliphatic carbocycles. The third kappa shape index (κ3) is 2.03. The Labute approximate surface area is 79.7 Å². The highest BCUT2D eigenvalue weighted by Crippen LogP contribution is 2.29. The van der Waals surface area contributed by atoms with Crippen molar-refractivity contribution in [3.05, 3.63) is 0 Å². The highest BCUT2D eigenvalue weighted by molar-refractivity contribution is 4.89. The van der Waals surface area contributed by atoms with Gasteiger partial charge in [-0.1, -0.05) is 20.8 Å². The van der Waals surface area contributed by atoms with Gasteiger partial charge in [0.25, 0.3) is 0 Å². The Morgan fingerprint density at radius 2 is 1.62 bits per heavy atom. The maximum absolute atomic E-state index is 9.71. The molecular weight excluding hydrogens is 168 g/mol. The molecule has 0 bridgehead atoms. The first-order valence-electron chi connectivity index (χ1n) is 4.96. The number of hydrogen-bond acceptors (Lipinski definition) is 3. The normalized spacial score (nSPS) is 46.8. The maximum atomic E-state index is 9.71. The minimum absolute atomic E-state index is 0.00574. The molecule has 0 aromatic carbocycles. The molecular formula is C10H20O3.